The molecule has 0 amide bonds. The van der Waals surface area contributed by atoms with E-state index in [1.165, 1.54) is 69.9 Å². The smallest absolute Gasteiger partial charge is 0.0257 e. The Kier molecular flexibility index (Phi) is 8.25. The lowest BCUT2D eigenvalue weighted by molar-refractivity contribution is 0.257. The van der Waals surface area contributed by atoms with Crippen molar-refractivity contribution >= 4 is 0 Å². The monoisotopic (exact) mass is 265 g/mol. The van der Waals surface area contributed by atoms with Crippen molar-refractivity contribution in [1.82, 2.24) is 5.32 Å². The van der Waals surface area contributed by atoms with Gasteiger partial charge in [0, 0.05) is 17.7 Å². The van der Waals surface area contributed by atoms with E-state index in [1.54, 1.807) is 0 Å². The van der Waals surface area contributed by atoms with Crippen LogP contribution in [0.15, 0.2) is 12.3 Å². The Morgan fingerprint density at radius 3 is 2.11 bits per heavy atom. The first-order valence-corrected chi connectivity index (χ1v) is 8.68. The van der Waals surface area contributed by atoms with Gasteiger partial charge in [0.25, 0.3) is 0 Å². The summed E-state index contributed by atoms with van der Waals surface area (Å²) in [4.78, 5) is 0. The zero-order chi connectivity index (χ0) is 14.1. The minimum Gasteiger partial charge on any atom is -0.386 e. The van der Waals surface area contributed by atoms with Crippen LogP contribution < -0.4 is 5.32 Å². The van der Waals surface area contributed by atoms with Crippen LogP contribution in [0.3, 0.4) is 0 Å². The molecule has 0 aromatic carbocycles. The van der Waals surface area contributed by atoms with Crippen LogP contribution in [-0.2, 0) is 0 Å². The molecule has 0 aliphatic heterocycles. The van der Waals surface area contributed by atoms with Gasteiger partial charge >= 0.3 is 0 Å². The zero-order valence-corrected chi connectivity index (χ0v) is 13.5. The molecule has 0 bridgehead atoms. The molecule has 1 saturated carbocycles. The first kappa shape index (κ1) is 16.6. The summed E-state index contributed by atoms with van der Waals surface area (Å²) in [5.41, 5.74) is 1.33. The summed E-state index contributed by atoms with van der Waals surface area (Å²) in [5, 5.41) is 3.77. The second-order valence-corrected chi connectivity index (χ2v) is 6.36. The lowest BCUT2D eigenvalue weighted by Gasteiger charge is -2.33. The first-order valence-electron chi connectivity index (χ1n) is 8.68. The van der Waals surface area contributed by atoms with Crippen molar-refractivity contribution in [3.63, 3.8) is 0 Å². The molecular formula is C18H35N. The Bertz CT molecular complexity index is 234. The average Bonchev–Trinajstić information content (AvgIpc) is 2.41. The molecule has 1 aliphatic carbocycles. The van der Waals surface area contributed by atoms with E-state index >= 15 is 0 Å². The normalized spacial score (nSPS) is 18.5. The molecule has 1 rings (SSSR count). The maximum absolute atomic E-state index is 4.39. The predicted molar refractivity (Wildman–Crippen MR) is 86.2 cm³/mol. The van der Waals surface area contributed by atoms with E-state index in [0.717, 1.165) is 5.92 Å². The third-order valence-corrected chi connectivity index (χ3v) is 4.77. The van der Waals surface area contributed by atoms with Gasteiger partial charge < -0.3 is 5.32 Å². The van der Waals surface area contributed by atoms with Gasteiger partial charge in [-0.3, -0.25) is 0 Å². The molecule has 0 radical (unpaired) electrons. The highest BCUT2D eigenvalue weighted by molar-refractivity contribution is 5.02. The van der Waals surface area contributed by atoms with Gasteiger partial charge in [-0.25, -0.2) is 0 Å². The third kappa shape index (κ3) is 5.58. The fourth-order valence-electron chi connectivity index (χ4n) is 3.76. The van der Waals surface area contributed by atoms with Crippen LogP contribution in [0.5, 0.6) is 0 Å². The summed E-state index contributed by atoms with van der Waals surface area (Å²) < 4.78 is 0. The molecule has 1 unspecified atom stereocenters. The Morgan fingerprint density at radius 2 is 1.63 bits per heavy atom. The van der Waals surface area contributed by atoms with Crippen LogP contribution in [-0.4, -0.2) is 6.04 Å². The second-order valence-electron chi connectivity index (χ2n) is 6.36. The second kappa shape index (κ2) is 9.44. The summed E-state index contributed by atoms with van der Waals surface area (Å²) in [7, 11) is 0. The number of allylic oxidation sites excluding steroid dienone is 1. The topological polar surface area (TPSA) is 12.0 Å². The maximum Gasteiger partial charge on any atom is 0.0257 e. The van der Waals surface area contributed by atoms with Crippen molar-refractivity contribution in [1.29, 1.82) is 0 Å². The molecule has 0 heterocycles. The fraction of sp³-hybridized carbons (Fsp3) is 0.889. The summed E-state index contributed by atoms with van der Waals surface area (Å²) in [6.07, 6.45) is 13.5. The van der Waals surface area contributed by atoms with Crippen molar-refractivity contribution in [2.75, 3.05) is 0 Å². The van der Waals surface area contributed by atoms with E-state index < -0.39 is 0 Å². The molecule has 1 heteroatoms. The average molecular weight is 265 g/mol. The SMILES string of the molecule is C=C(NC(CCC)CCC)C(CC)C1CCCCC1. The van der Waals surface area contributed by atoms with Crippen LogP contribution >= 0.6 is 0 Å². The highest BCUT2D eigenvalue weighted by atomic mass is 14.9. The molecule has 1 fully saturated rings. The van der Waals surface area contributed by atoms with Gasteiger partial charge in [-0.2, -0.15) is 0 Å². The number of hydrogen-bond donors (Lipinski definition) is 1. The molecule has 0 saturated heterocycles. The summed E-state index contributed by atoms with van der Waals surface area (Å²) >= 11 is 0. The van der Waals surface area contributed by atoms with Crippen molar-refractivity contribution in [3.8, 4) is 0 Å². The molecule has 1 aliphatic rings. The lowest BCUT2D eigenvalue weighted by atomic mass is 9.77. The Morgan fingerprint density at radius 1 is 1.05 bits per heavy atom. The van der Waals surface area contributed by atoms with Gasteiger partial charge in [0.1, 0.15) is 0 Å². The lowest BCUT2D eigenvalue weighted by Crippen LogP contribution is -2.33. The Hall–Kier alpha value is -0.460. The van der Waals surface area contributed by atoms with Crippen molar-refractivity contribution < 1.29 is 0 Å². The van der Waals surface area contributed by atoms with Gasteiger partial charge in [0.15, 0.2) is 0 Å². The highest BCUT2D eigenvalue weighted by Gasteiger charge is 2.25. The van der Waals surface area contributed by atoms with Gasteiger partial charge in [-0.05, 0) is 38.0 Å². The van der Waals surface area contributed by atoms with Crippen molar-refractivity contribution in [2.45, 2.75) is 91.0 Å². The highest BCUT2D eigenvalue weighted by Crippen LogP contribution is 2.34. The molecule has 19 heavy (non-hydrogen) atoms. The third-order valence-electron chi connectivity index (χ3n) is 4.77. The summed E-state index contributed by atoms with van der Waals surface area (Å²) in [6.45, 7) is 11.3. The number of rotatable bonds is 9. The van der Waals surface area contributed by atoms with E-state index in [1.807, 2.05) is 0 Å². The summed E-state index contributed by atoms with van der Waals surface area (Å²) in [5.74, 6) is 1.60. The predicted octanol–water partition coefficient (Wildman–Crippen LogP) is 5.67. The first-order chi connectivity index (χ1) is 9.22. The molecule has 1 N–H and O–H groups in total. The van der Waals surface area contributed by atoms with E-state index in [-0.39, 0.29) is 0 Å². The van der Waals surface area contributed by atoms with E-state index in [9.17, 15) is 0 Å². The minimum atomic E-state index is 0.653. The Labute approximate surface area is 121 Å². The van der Waals surface area contributed by atoms with Crippen LogP contribution in [0, 0.1) is 11.8 Å². The van der Waals surface area contributed by atoms with Crippen LogP contribution in [0.2, 0.25) is 0 Å². The van der Waals surface area contributed by atoms with Crippen LogP contribution in [0.25, 0.3) is 0 Å². The standard InChI is InChI=1S/C18H35N/c1-5-11-17(12-6-2)19-15(4)18(7-3)16-13-9-8-10-14-16/h16-19H,4-14H2,1-3H3. The van der Waals surface area contributed by atoms with E-state index in [0.29, 0.717) is 12.0 Å². The molecule has 1 atom stereocenters. The van der Waals surface area contributed by atoms with Gasteiger partial charge in [-0.15, -0.1) is 0 Å². The molecule has 1 nitrogen and oxygen atoms in total. The number of hydrogen-bond acceptors (Lipinski definition) is 1. The number of nitrogens with one attached hydrogen (secondary N) is 1. The van der Waals surface area contributed by atoms with Gasteiger partial charge in [0.2, 0.25) is 0 Å². The van der Waals surface area contributed by atoms with Gasteiger partial charge in [-0.1, -0.05) is 59.5 Å². The van der Waals surface area contributed by atoms with Gasteiger partial charge in [0.05, 0.1) is 0 Å². The molecule has 0 aromatic rings. The summed E-state index contributed by atoms with van der Waals surface area (Å²) in [6, 6.07) is 0.653. The quantitative estimate of drug-likeness (QED) is 0.567. The largest absolute Gasteiger partial charge is 0.386 e. The van der Waals surface area contributed by atoms with E-state index in [4.69, 9.17) is 0 Å². The van der Waals surface area contributed by atoms with E-state index in [2.05, 4.69) is 32.7 Å². The van der Waals surface area contributed by atoms with Crippen LogP contribution in [0.4, 0.5) is 0 Å². The zero-order valence-electron chi connectivity index (χ0n) is 13.5. The Balaban J connectivity index is 2.51. The molecular weight excluding hydrogens is 230 g/mol. The van der Waals surface area contributed by atoms with Crippen molar-refractivity contribution in [2.24, 2.45) is 11.8 Å². The molecule has 112 valence electrons. The fourth-order valence-corrected chi connectivity index (χ4v) is 3.76. The minimum absolute atomic E-state index is 0.653. The molecule has 0 spiro atoms. The maximum atomic E-state index is 4.39. The van der Waals surface area contributed by atoms with Crippen molar-refractivity contribution in [3.05, 3.63) is 12.3 Å². The molecule has 0 aromatic heterocycles. The van der Waals surface area contributed by atoms with Crippen LogP contribution in [0.1, 0.15) is 85.0 Å².